The first-order valence-electron chi connectivity index (χ1n) is 4.85. The largest absolute Gasteiger partial charge is 0.481 e. The summed E-state index contributed by atoms with van der Waals surface area (Å²) in [5, 5.41) is 21.2. The van der Waals surface area contributed by atoms with Crippen LogP contribution in [0.1, 0.15) is 16.8 Å². The van der Waals surface area contributed by atoms with E-state index in [0.29, 0.717) is 6.07 Å². The van der Waals surface area contributed by atoms with Crippen molar-refractivity contribution in [3.8, 4) is 0 Å². The van der Waals surface area contributed by atoms with Gasteiger partial charge in [0.2, 0.25) is 0 Å². The molecule has 0 radical (unpaired) electrons. The monoisotopic (exact) mass is 256 g/mol. The van der Waals surface area contributed by atoms with Gasteiger partial charge >= 0.3 is 5.97 Å². The van der Waals surface area contributed by atoms with E-state index in [1.165, 1.54) is 0 Å². The summed E-state index contributed by atoms with van der Waals surface area (Å²) in [6.45, 7) is -0.164. The summed E-state index contributed by atoms with van der Waals surface area (Å²) in [6, 6.07) is 2.52. The predicted molar refractivity (Wildman–Crippen MR) is 57.6 cm³/mol. The number of carbonyl (C=O) groups excluding carboxylic acids is 1. The Hall–Kier alpha value is -2.51. The van der Waals surface area contributed by atoms with Crippen molar-refractivity contribution in [1.82, 2.24) is 5.32 Å². The topological polar surface area (TPSA) is 110 Å². The van der Waals surface area contributed by atoms with E-state index in [0.717, 1.165) is 12.1 Å². The minimum atomic E-state index is -1.11. The SMILES string of the molecule is O=C(O)CCNC(=O)c1ccc(F)cc1[N+](=O)[O-]. The number of nitrogens with zero attached hydrogens (tertiary/aromatic N) is 1. The van der Waals surface area contributed by atoms with Crippen LogP contribution in [-0.2, 0) is 4.79 Å². The predicted octanol–water partition coefficient (Wildman–Crippen LogP) is 0.938. The van der Waals surface area contributed by atoms with E-state index in [1.54, 1.807) is 0 Å². The fourth-order valence-corrected chi connectivity index (χ4v) is 1.23. The maximum absolute atomic E-state index is 12.8. The normalized spacial score (nSPS) is 9.83. The van der Waals surface area contributed by atoms with Crippen molar-refractivity contribution < 1.29 is 24.0 Å². The highest BCUT2D eigenvalue weighted by molar-refractivity contribution is 5.98. The summed E-state index contributed by atoms with van der Waals surface area (Å²) in [5.74, 6) is -2.75. The molecule has 0 aliphatic heterocycles. The van der Waals surface area contributed by atoms with Gasteiger partial charge in [0.25, 0.3) is 11.6 Å². The quantitative estimate of drug-likeness (QED) is 0.601. The first-order valence-corrected chi connectivity index (χ1v) is 4.85. The Kier molecular flexibility index (Phi) is 4.30. The Morgan fingerprint density at radius 3 is 2.67 bits per heavy atom. The van der Waals surface area contributed by atoms with Gasteiger partial charge in [-0.2, -0.15) is 0 Å². The zero-order valence-electron chi connectivity index (χ0n) is 9.05. The van der Waals surface area contributed by atoms with Crippen LogP contribution < -0.4 is 5.32 Å². The third kappa shape index (κ3) is 3.51. The Bertz CT molecular complexity index is 503. The molecule has 1 aromatic carbocycles. The third-order valence-electron chi connectivity index (χ3n) is 2.03. The zero-order valence-corrected chi connectivity index (χ0v) is 9.05. The molecule has 0 aliphatic rings. The second-order valence-corrected chi connectivity index (χ2v) is 3.32. The van der Waals surface area contributed by atoms with E-state index in [1.807, 2.05) is 0 Å². The van der Waals surface area contributed by atoms with Gasteiger partial charge < -0.3 is 10.4 Å². The lowest BCUT2D eigenvalue weighted by Gasteiger charge is -2.04. The Morgan fingerprint density at radius 2 is 2.11 bits per heavy atom. The van der Waals surface area contributed by atoms with E-state index in [-0.39, 0.29) is 18.5 Å². The summed E-state index contributed by atoms with van der Waals surface area (Å²) in [5.41, 5.74) is -0.977. The number of nitro groups is 1. The molecule has 0 saturated heterocycles. The van der Waals surface area contributed by atoms with Crippen molar-refractivity contribution in [3.05, 3.63) is 39.7 Å². The average Bonchev–Trinajstić information content (AvgIpc) is 2.28. The summed E-state index contributed by atoms with van der Waals surface area (Å²) in [7, 11) is 0. The molecule has 0 fully saturated rings. The fraction of sp³-hybridized carbons (Fsp3) is 0.200. The number of hydrogen-bond acceptors (Lipinski definition) is 4. The molecule has 1 aromatic rings. The third-order valence-corrected chi connectivity index (χ3v) is 2.03. The van der Waals surface area contributed by atoms with Crippen molar-refractivity contribution in [2.75, 3.05) is 6.54 Å². The van der Waals surface area contributed by atoms with E-state index < -0.39 is 28.3 Å². The number of carboxylic acids is 1. The molecule has 0 aromatic heterocycles. The van der Waals surface area contributed by atoms with Crippen LogP contribution in [0.4, 0.5) is 10.1 Å². The summed E-state index contributed by atoms with van der Waals surface area (Å²) in [4.78, 5) is 31.5. The summed E-state index contributed by atoms with van der Waals surface area (Å²) >= 11 is 0. The average molecular weight is 256 g/mol. The zero-order chi connectivity index (χ0) is 13.7. The molecule has 8 heteroatoms. The molecule has 7 nitrogen and oxygen atoms in total. The van der Waals surface area contributed by atoms with Crippen LogP contribution in [0.5, 0.6) is 0 Å². The molecule has 96 valence electrons. The molecule has 0 heterocycles. The van der Waals surface area contributed by atoms with Crippen LogP contribution in [-0.4, -0.2) is 28.5 Å². The number of nitro benzene ring substituents is 1. The Balaban J connectivity index is 2.85. The highest BCUT2D eigenvalue weighted by atomic mass is 19.1. The summed E-state index contributed by atoms with van der Waals surface area (Å²) < 4.78 is 12.8. The van der Waals surface area contributed by atoms with Crippen molar-refractivity contribution in [2.45, 2.75) is 6.42 Å². The van der Waals surface area contributed by atoms with Gasteiger partial charge in [-0.3, -0.25) is 19.7 Å². The molecular formula is C10H9FN2O5. The van der Waals surface area contributed by atoms with Gasteiger partial charge in [0.1, 0.15) is 11.4 Å². The number of carbonyl (C=O) groups is 2. The lowest BCUT2D eigenvalue weighted by atomic mass is 10.1. The van der Waals surface area contributed by atoms with Gasteiger partial charge in [-0.15, -0.1) is 0 Å². The molecule has 1 rings (SSSR count). The lowest BCUT2D eigenvalue weighted by molar-refractivity contribution is -0.385. The first-order chi connectivity index (χ1) is 8.41. The summed E-state index contributed by atoms with van der Waals surface area (Å²) in [6.07, 6.45) is -0.305. The maximum Gasteiger partial charge on any atom is 0.305 e. The Morgan fingerprint density at radius 1 is 1.44 bits per heavy atom. The number of aliphatic carboxylic acids is 1. The number of amides is 1. The molecule has 1 amide bonds. The van der Waals surface area contributed by atoms with E-state index in [9.17, 15) is 24.1 Å². The Labute approximate surface area is 100 Å². The minimum absolute atomic E-state index is 0.164. The molecule has 2 N–H and O–H groups in total. The van der Waals surface area contributed by atoms with E-state index in [4.69, 9.17) is 5.11 Å². The molecule has 18 heavy (non-hydrogen) atoms. The van der Waals surface area contributed by atoms with Crippen LogP contribution in [0, 0.1) is 15.9 Å². The van der Waals surface area contributed by atoms with Gasteiger partial charge in [-0.25, -0.2) is 4.39 Å². The van der Waals surface area contributed by atoms with Crippen molar-refractivity contribution in [2.24, 2.45) is 0 Å². The van der Waals surface area contributed by atoms with Crippen LogP contribution in [0.3, 0.4) is 0 Å². The molecule has 0 unspecified atom stereocenters. The highest BCUT2D eigenvalue weighted by Gasteiger charge is 2.20. The van der Waals surface area contributed by atoms with E-state index >= 15 is 0 Å². The number of carboxylic acid groups (broad SMARTS) is 1. The van der Waals surface area contributed by atoms with E-state index in [2.05, 4.69) is 5.32 Å². The molecular weight excluding hydrogens is 247 g/mol. The highest BCUT2D eigenvalue weighted by Crippen LogP contribution is 2.19. The van der Waals surface area contributed by atoms with Crippen molar-refractivity contribution >= 4 is 17.6 Å². The molecule has 0 saturated carbocycles. The second kappa shape index (κ2) is 5.71. The van der Waals surface area contributed by atoms with Crippen LogP contribution in [0.15, 0.2) is 18.2 Å². The minimum Gasteiger partial charge on any atom is -0.481 e. The fourth-order valence-electron chi connectivity index (χ4n) is 1.23. The molecule has 0 bridgehead atoms. The van der Waals surface area contributed by atoms with Gasteiger partial charge in [-0.05, 0) is 12.1 Å². The lowest BCUT2D eigenvalue weighted by Crippen LogP contribution is -2.26. The number of hydrogen-bond donors (Lipinski definition) is 2. The van der Waals surface area contributed by atoms with Crippen LogP contribution in [0.2, 0.25) is 0 Å². The number of benzene rings is 1. The smallest absolute Gasteiger partial charge is 0.305 e. The molecule has 0 spiro atoms. The standard InChI is InChI=1S/C10H9FN2O5/c11-6-1-2-7(8(5-6)13(17)18)10(16)12-4-3-9(14)15/h1-2,5H,3-4H2,(H,12,16)(H,14,15). The van der Waals surface area contributed by atoms with Crippen LogP contribution >= 0.6 is 0 Å². The van der Waals surface area contributed by atoms with Crippen LogP contribution in [0.25, 0.3) is 0 Å². The van der Waals surface area contributed by atoms with Gasteiger partial charge in [0, 0.05) is 6.54 Å². The first kappa shape index (κ1) is 13.6. The number of halogens is 1. The number of rotatable bonds is 5. The molecule has 0 atom stereocenters. The van der Waals surface area contributed by atoms with Gasteiger partial charge in [0.05, 0.1) is 17.4 Å². The van der Waals surface area contributed by atoms with Crippen molar-refractivity contribution in [1.29, 1.82) is 0 Å². The van der Waals surface area contributed by atoms with Crippen molar-refractivity contribution in [3.63, 3.8) is 0 Å². The van der Waals surface area contributed by atoms with Gasteiger partial charge in [-0.1, -0.05) is 0 Å². The maximum atomic E-state index is 12.8. The number of nitrogens with one attached hydrogen (secondary N) is 1. The van der Waals surface area contributed by atoms with Gasteiger partial charge in [0.15, 0.2) is 0 Å². The molecule has 0 aliphatic carbocycles. The second-order valence-electron chi connectivity index (χ2n) is 3.32.